The molecule has 0 radical (unpaired) electrons. The number of aromatic nitrogens is 1. The molecule has 1 aromatic rings. The van der Waals surface area contributed by atoms with Gasteiger partial charge in [-0.15, -0.1) is 0 Å². The van der Waals surface area contributed by atoms with Gasteiger partial charge in [-0.1, -0.05) is 0 Å². The molecule has 3 N–H and O–H groups in total. The highest BCUT2D eigenvalue weighted by Crippen LogP contribution is 2.17. The molecule has 1 aromatic heterocycles. The van der Waals surface area contributed by atoms with Crippen LogP contribution >= 0.6 is 0 Å². The predicted molar refractivity (Wildman–Crippen MR) is 69.9 cm³/mol. The molecule has 1 heterocycles. The minimum absolute atomic E-state index is 0.0134. The Morgan fingerprint density at radius 3 is 2.76 bits per heavy atom. The minimum atomic E-state index is -0.0134. The fourth-order valence-corrected chi connectivity index (χ4v) is 1.65. The summed E-state index contributed by atoms with van der Waals surface area (Å²) >= 11 is 0. The van der Waals surface area contributed by atoms with Crippen LogP contribution in [0, 0.1) is 6.92 Å². The molecule has 0 bridgehead atoms. The average Bonchev–Trinajstić information content (AvgIpc) is 2.15. The van der Waals surface area contributed by atoms with Gasteiger partial charge in [0, 0.05) is 13.1 Å². The van der Waals surface area contributed by atoms with Crippen LogP contribution in [-0.4, -0.2) is 30.5 Å². The van der Waals surface area contributed by atoms with Crippen LogP contribution in [-0.2, 0) is 4.79 Å². The van der Waals surface area contributed by atoms with Crippen molar-refractivity contribution in [1.82, 2.24) is 10.3 Å². The van der Waals surface area contributed by atoms with Crippen molar-refractivity contribution in [2.75, 3.05) is 24.2 Å². The van der Waals surface area contributed by atoms with E-state index in [0.29, 0.717) is 5.69 Å². The van der Waals surface area contributed by atoms with Crippen molar-refractivity contribution in [3.05, 3.63) is 17.8 Å². The summed E-state index contributed by atoms with van der Waals surface area (Å²) in [7, 11) is 1.84. The zero-order valence-corrected chi connectivity index (χ0v) is 10.8. The lowest BCUT2D eigenvalue weighted by Crippen LogP contribution is -2.39. The number of likely N-dealkylation sites (N-methyl/N-ethyl adjacent to an activating group) is 1. The van der Waals surface area contributed by atoms with Crippen molar-refractivity contribution in [2.24, 2.45) is 0 Å². The summed E-state index contributed by atoms with van der Waals surface area (Å²) in [5.41, 5.74) is 7.23. The molecule has 0 atom stereocenters. The van der Waals surface area contributed by atoms with Crippen LogP contribution in [0.5, 0.6) is 0 Å². The van der Waals surface area contributed by atoms with Crippen LogP contribution in [0.3, 0.4) is 0 Å². The SMILES string of the molecule is Cc1cc(N)cnc1N(C)CC(=O)NC(C)C. The van der Waals surface area contributed by atoms with E-state index in [2.05, 4.69) is 10.3 Å². The lowest BCUT2D eigenvalue weighted by atomic mass is 10.2. The zero-order chi connectivity index (χ0) is 13.0. The molecule has 94 valence electrons. The molecule has 0 aliphatic heterocycles. The molecule has 0 fully saturated rings. The van der Waals surface area contributed by atoms with E-state index in [0.717, 1.165) is 11.4 Å². The summed E-state index contributed by atoms with van der Waals surface area (Å²) in [4.78, 5) is 17.7. The van der Waals surface area contributed by atoms with Gasteiger partial charge in [0.1, 0.15) is 5.82 Å². The molecule has 0 spiro atoms. The molecule has 0 aliphatic carbocycles. The number of aryl methyl sites for hydroxylation is 1. The number of amides is 1. The standard InChI is InChI=1S/C12H20N4O/c1-8(2)15-11(17)7-16(4)12-9(3)5-10(13)6-14-12/h5-6,8H,7,13H2,1-4H3,(H,15,17). The summed E-state index contributed by atoms with van der Waals surface area (Å²) < 4.78 is 0. The third-order valence-electron chi connectivity index (χ3n) is 2.26. The Hall–Kier alpha value is -1.78. The Morgan fingerprint density at radius 1 is 1.59 bits per heavy atom. The van der Waals surface area contributed by atoms with Crippen LogP contribution in [0.2, 0.25) is 0 Å². The fraction of sp³-hybridized carbons (Fsp3) is 0.500. The Labute approximate surface area is 102 Å². The maximum atomic E-state index is 11.6. The lowest BCUT2D eigenvalue weighted by molar-refractivity contribution is -0.120. The molecule has 0 saturated carbocycles. The van der Waals surface area contributed by atoms with Crippen LogP contribution in [0.15, 0.2) is 12.3 Å². The van der Waals surface area contributed by atoms with E-state index in [-0.39, 0.29) is 18.5 Å². The van der Waals surface area contributed by atoms with Crippen molar-refractivity contribution in [1.29, 1.82) is 0 Å². The minimum Gasteiger partial charge on any atom is -0.397 e. The summed E-state index contributed by atoms with van der Waals surface area (Å²) in [5, 5.41) is 2.84. The molecule has 1 rings (SSSR count). The third kappa shape index (κ3) is 3.94. The highest BCUT2D eigenvalue weighted by molar-refractivity contribution is 5.81. The molecule has 5 heteroatoms. The van der Waals surface area contributed by atoms with E-state index in [1.165, 1.54) is 0 Å². The van der Waals surface area contributed by atoms with Crippen LogP contribution < -0.4 is 16.0 Å². The van der Waals surface area contributed by atoms with Gasteiger partial charge < -0.3 is 16.0 Å². The normalized spacial score (nSPS) is 10.4. The number of nitrogens with two attached hydrogens (primary N) is 1. The number of nitrogens with one attached hydrogen (secondary N) is 1. The summed E-state index contributed by atoms with van der Waals surface area (Å²) in [6.07, 6.45) is 1.60. The van der Waals surface area contributed by atoms with Gasteiger partial charge in [0.25, 0.3) is 0 Å². The number of carbonyl (C=O) groups excluding carboxylic acids is 1. The van der Waals surface area contributed by atoms with Gasteiger partial charge in [-0.25, -0.2) is 4.98 Å². The molecular weight excluding hydrogens is 216 g/mol. The smallest absolute Gasteiger partial charge is 0.239 e. The fourth-order valence-electron chi connectivity index (χ4n) is 1.65. The molecule has 0 saturated heterocycles. The van der Waals surface area contributed by atoms with E-state index in [9.17, 15) is 4.79 Å². The monoisotopic (exact) mass is 236 g/mol. The van der Waals surface area contributed by atoms with Gasteiger partial charge >= 0.3 is 0 Å². The number of rotatable bonds is 4. The van der Waals surface area contributed by atoms with E-state index in [1.54, 1.807) is 6.20 Å². The van der Waals surface area contributed by atoms with Crippen LogP contribution in [0.25, 0.3) is 0 Å². The molecule has 5 nitrogen and oxygen atoms in total. The summed E-state index contributed by atoms with van der Waals surface area (Å²) in [6, 6.07) is 2.00. The van der Waals surface area contributed by atoms with E-state index < -0.39 is 0 Å². The van der Waals surface area contributed by atoms with Crippen LogP contribution in [0.1, 0.15) is 19.4 Å². The number of hydrogen-bond acceptors (Lipinski definition) is 4. The largest absolute Gasteiger partial charge is 0.397 e. The van der Waals surface area contributed by atoms with Crippen molar-refractivity contribution >= 4 is 17.4 Å². The first-order valence-corrected chi connectivity index (χ1v) is 5.62. The highest BCUT2D eigenvalue weighted by atomic mass is 16.2. The number of carbonyl (C=O) groups is 1. The van der Waals surface area contributed by atoms with Crippen molar-refractivity contribution in [2.45, 2.75) is 26.8 Å². The zero-order valence-electron chi connectivity index (χ0n) is 10.8. The second-order valence-electron chi connectivity index (χ2n) is 4.49. The van der Waals surface area contributed by atoms with Gasteiger partial charge in [-0.05, 0) is 32.4 Å². The Morgan fingerprint density at radius 2 is 2.24 bits per heavy atom. The van der Waals surface area contributed by atoms with Gasteiger partial charge in [0.2, 0.25) is 5.91 Å². The van der Waals surface area contributed by atoms with E-state index in [4.69, 9.17) is 5.73 Å². The summed E-state index contributed by atoms with van der Waals surface area (Å²) in [5.74, 6) is 0.763. The Balaban J connectivity index is 2.69. The predicted octanol–water partition coefficient (Wildman–Crippen LogP) is 0.933. The molecular formula is C12H20N4O. The third-order valence-corrected chi connectivity index (χ3v) is 2.26. The molecule has 17 heavy (non-hydrogen) atoms. The Bertz CT molecular complexity index is 403. The van der Waals surface area contributed by atoms with Gasteiger partial charge in [-0.3, -0.25) is 4.79 Å². The van der Waals surface area contributed by atoms with Crippen molar-refractivity contribution in [3.8, 4) is 0 Å². The number of hydrogen-bond donors (Lipinski definition) is 2. The second kappa shape index (κ2) is 5.52. The average molecular weight is 236 g/mol. The van der Waals surface area contributed by atoms with Crippen molar-refractivity contribution < 1.29 is 4.79 Å². The van der Waals surface area contributed by atoms with Gasteiger partial charge in [0.15, 0.2) is 0 Å². The van der Waals surface area contributed by atoms with Crippen molar-refractivity contribution in [3.63, 3.8) is 0 Å². The lowest BCUT2D eigenvalue weighted by Gasteiger charge is -2.20. The highest BCUT2D eigenvalue weighted by Gasteiger charge is 2.11. The molecule has 0 aliphatic rings. The van der Waals surface area contributed by atoms with Gasteiger partial charge in [0.05, 0.1) is 18.4 Å². The first-order chi connectivity index (χ1) is 7.90. The maximum Gasteiger partial charge on any atom is 0.239 e. The number of pyridine rings is 1. The maximum absolute atomic E-state index is 11.6. The van der Waals surface area contributed by atoms with E-state index >= 15 is 0 Å². The van der Waals surface area contributed by atoms with Gasteiger partial charge in [-0.2, -0.15) is 0 Å². The molecule has 1 amide bonds. The summed E-state index contributed by atoms with van der Waals surface area (Å²) in [6.45, 7) is 6.08. The second-order valence-corrected chi connectivity index (χ2v) is 4.49. The quantitative estimate of drug-likeness (QED) is 0.816. The number of nitrogen functional groups attached to an aromatic ring is 1. The molecule has 0 unspecified atom stereocenters. The Kier molecular flexibility index (Phi) is 4.31. The first-order valence-electron chi connectivity index (χ1n) is 5.62. The van der Waals surface area contributed by atoms with Crippen LogP contribution in [0.4, 0.5) is 11.5 Å². The number of anilines is 2. The molecule has 0 aromatic carbocycles. The first kappa shape index (κ1) is 13.3. The number of nitrogens with zero attached hydrogens (tertiary/aromatic N) is 2. The van der Waals surface area contributed by atoms with E-state index in [1.807, 2.05) is 38.8 Å². The topological polar surface area (TPSA) is 71.2 Å².